The highest BCUT2D eigenvalue weighted by Crippen LogP contribution is 2.21. The molecule has 0 aliphatic carbocycles. The van der Waals surface area contributed by atoms with E-state index in [0.717, 1.165) is 5.75 Å². The molecule has 16 heavy (non-hydrogen) atoms. The maximum Gasteiger partial charge on any atom is 0.152 e. The quantitative estimate of drug-likeness (QED) is 0.568. The van der Waals surface area contributed by atoms with E-state index in [0.29, 0.717) is 5.92 Å². The first kappa shape index (κ1) is 13.0. The number of allylic oxidation sites excluding steroid dienone is 2. The molecule has 1 nitrogen and oxygen atoms in total. The van der Waals surface area contributed by atoms with Crippen LogP contribution in [0.4, 0.5) is 0 Å². The first-order valence-electron chi connectivity index (χ1n) is 5.46. The van der Waals surface area contributed by atoms with Crippen LogP contribution in [-0.2, 0) is 4.79 Å². The Morgan fingerprint density at radius 3 is 2.56 bits per heavy atom. The third-order valence-corrected chi connectivity index (χ3v) is 3.49. The highest BCUT2D eigenvalue weighted by atomic mass is 32.2. The SMILES string of the molecule is CC(=O)/C=C/C(C)CSc1ccc(C)cc1. The predicted molar refractivity (Wildman–Crippen MR) is 70.9 cm³/mol. The molecule has 0 fully saturated rings. The van der Waals surface area contributed by atoms with Gasteiger partial charge in [0.25, 0.3) is 0 Å². The Balaban J connectivity index is 2.39. The molecular weight excluding hydrogens is 216 g/mol. The van der Waals surface area contributed by atoms with Gasteiger partial charge >= 0.3 is 0 Å². The molecule has 0 radical (unpaired) electrons. The zero-order valence-corrected chi connectivity index (χ0v) is 10.9. The van der Waals surface area contributed by atoms with Crippen molar-refractivity contribution in [2.45, 2.75) is 25.7 Å². The van der Waals surface area contributed by atoms with Gasteiger partial charge in [-0.25, -0.2) is 0 Å². The van der Waals surface area contributed by atoms with E-state index in [1.165, 1.54) is 10.5 Å². The van der Waals surface area contributed by atoms with Crippen molar-refractivity contribution >= 4 is 17.5 Å². The number of carbonyl (C=O) groups excluding carboxylic acids is 1. The average molecular weight is 234 g/mol. The Hall–Kier alpha value is -1.02. The van der Waals surface area contributed by atoms with Gasteiger partial charge in [-0.1, -0.05) is 30.7 Å². The van der Waals surface area contributed by atoms with Gasteiger partial charge in [-0.3, -0.25) is 4.79 Å². The summed E-state index contributed by atoms with van der Waals surface area (Å²) in [4.78, 5) is 12.1. The zero-order chi connectivity index (χ0) is 12.0. The van der Waals surface area contributed by atoms with Gasteiger partial charge in [0.1, 0.15) is 0 Å². The minimum atomic E-state index is 0.118. The monoisotopic (exact) mass is 234 g/mol. The molecule has 1 rings (SSSR count). The lowest BCUT2D eigenvalue weighted by Gasteiger charge is -2.05. The van der Waals surface area contributed by atoms with Crippen LogP contribution in [-0.4, -0.2) is 11.5 Å². The summed E-state index contributed by atoms with van der Waals surface area (Å²) in [6.45, 7) is 5.80. The molecule has 0 amide bonds. The molecule has 1 aromatic carbocycles. The maximum atomic E-state index is 10.8. The topological polar surface area (TPSA) is 17.1 Å². The number of rotatable bonds is 5. The number of ketones is 1. The summed E-state index contributed by atoms with van der Waals surface area (Å²) >= 11 is 1.83. The van der Waals surface area contributed by atoms with Crippen LogP contribution < -0.4 is 0 Å². The molecule has 86 valence electrons. The minimum Gasteiger partial charge on any atom is -0.295 e. The van der Waals surface area contributed by atoms with Crippen molar-refractivity contribution < 1.29 is 4.79 Å². The second kappa shape index (κ2) is 6.54. The number of carbonyl (C=O) groups is 1. The largest absolute Gasteiger partial charge is 0.295 e. The van der Waals surface area contributed by atoms with E-state index in [1.807, 2.05) is 17.8 Å². The van der Waals surface area contributed by atoms with Crippen molar-refractivity contribution in [3.8, 4) is 0 Å². The van der Waals surface area contributed by atoms with Crippen LogP contribution in [0.2, 0.25) is 0 Å². The van der Waals surface area contributed by atoms with Crippen molar-refractivity contribution in [2.75, 3.05) is 5.75 Å². The molecule has 0 heterocycles. The summed E-state index contributed by atoms with van der Waals surface area (Å²) in [5, 5.41) is 0. The summed E-state index contributed by atoms with van der Waals surface area (Å²) in [6, 6.07) is 8.53. The number of aryl methyl sites for hydroxylation is 1. The van der Waals surface area contributed by atoms with Gasteiger partial charge in [-0.2, -0.15) is 0 Å². The van der Waals surface area contributed by atoms with Crippen LogP contribution in [0.1, 0.15) is 19.4 Å². The van der Waals surface area contributed by atoms with Gasteiger partial charge in [0, 0.05) is 10.6 Å². The Morgan fingerprint density at radius 2 is 2.00 bits per heavy atom. The molecule has 1 aromatic rings. The third kappa shape index (κ3) is 5.17. The molecule has 0 aliphatic rings. The van der Waals surface area contributed by atoms with E-state index in [-0.39, 0.29) is 5.78 Å². The molecular formula is C14H18OS. The number of thioether (sulfide) groups is 1. The van der Waals surface area contributed by atoms with Crippen molar-refractivity contribution in [2.24, 2.45) is 5.92 Å². The third-order valence-electron chi connectivity index (χ3n) is 2.19. The molecule has 0 N–H and O–H groups in total. The second-order valence-corrected chi connectivity index (χ2v) is 5.16. The van der Waals surface area contributed by atoms with Gasteiger partial charge in [0.05, 0.1) is 0 Å². The molecule has 0 saturated heterocycles. The fraction of sp³-hybridized carbons (Fsp3) is 0.357. The maximum absolute atomic E-state index is 10.8. The van der Waals surface area contributed by atoms with Crippen molar-refractivity contribution in [3.05, 3.63) is 42.0 Å². The summed E-state index contributed by atoms with van der Waals surface area (Å²) in [5.41, 5.74) is 1.29. The predicted octanol–water partition coefficient (Wildman–Crippen LogP) is 3.87. The average Bonchev–Trinajstić information content (AvgIpc) is 2.25. The lowest BCUT2D eigenvalue weighted by molar-refractivity contribution is -0.112. The van der Waals surface area contributed by atoms with Crippen LogP contribution in [0.3, 0.4) is 0 Å². The second-order valence-electron chi connectivity index (χ2n) is 4.07. The van der Waals surface area contributed by atoms with Crippen LogP contribution in [0.15, 0.2) is 41.3 Å². The molecule has 1 unspecified atom stereocenters. The Kier molecular flexibility index (Phi) is 5.33. The Morgan fingerprint density at radius 1 is 1.38 bits per heavy atom. The summed E-state index contributed by atoms with van der Waals surface area (Å²) in [7, 11) is 0. The molecule has 0 bridgehead atoms. The fourth-order valence-electron chi connectivity index (χ4n) is 1.22. The van der Waals surface area contributed by atoms with E-state index in [1.54, 1.807) is 13.0 Å². The van der Waals surface area contributed by atoms with Crippen molar-refractivity contribution in [1.29, 1.82) is 0 Å². The summed E-state index contributed by atoms with van der Waals surface area (Å²) in [6.07, 6.45) is 3.63. The van der Waals surface area contributed by atoms with Crippen LogP contribution in [0, 0.1) is 12.8 Å². The van der Waals surface area contributed by atoms with E-state index >= 15 is 0 Å². The van der Waals surface area contributed by atoms with Crippen LogP contribution >= 0.6 is 11.8 Å². The van der Waals surface area contributed by atoms with E-state index in [4.69, 9.17) is 0 Å². The van der Waals surface area contributed by atoms with Gasteiger partial charge in [-0.05, 0) is 38.0 Å². The van der Waals surface area contributed by atoms with Gasteiger partial charge < -0.3 is 0 Å². The smallest absolute Gasteiger partial charge is 0.152 e. The van der Waals surface area contributed by atoms with Gasteiger partial charge in [0.2, 0.25) is 0 Å². The van der Waals surface area contributed by atoms with Crippen molar-refractivity contribution in [1.82, 2.24) is 0 Å². The highest BCUT2D eigenvalue weighted by Gasteiger charge is 1.99. The first-order valence-corrected chi connectivity index (χ1v) is 6.44. The molecule has 0 spiro atoms. The van der Waals surface area contributed by atoms with E-state index in [2.05, 4.69) is 38.1 Å². The zero-order valence-electron chi connectivity index (χ0n) is 10.1. The molecule has 0 aliphatic heterocycles. The van der Waals surface area contributed by atoms with Gasteiger partial charge in [-0.15, -0.1) is 11.8 Å². The first-order chi connectivity index (χ1) is 7.58. The standard InChI is InChI=1S/C14H18OS/c1-11-5-8-14(9-6-11)16-10-12(2)4-7-13(3)15/h4-9,12H,10H2,1-3H3/b7-4+. The number of hydrogen-bond acceptors (Lipinski definition) is 2. The van der Waals surface area contributed by atoms with Gasteiger partial charge in [0.15, 0.2) is 5.78 Å². The Bertz CT molecular complexity index is 365. The number of benzene rings is 1. The molecule has 2 heteroatoms. The summed E-state index contributed by atoms with van der Waals surface area (Å²) in [5.74, 6) is 1.55. The fourth-order valence-corrected chi connectivity index (χ4v) is 2.11. The Labute approximate surface area is 102 Å². The lowest BCUT2D eigenvalue weighted by atomic mass is 10.2. The highest BCUT2D eigenvalue weighted by molar-refractivity contribution is 7.99. The van der Waals surface area contributed by atoms with Crippen LogP contribution in [0.5, 0.6) is 0 Å². The summed E-state index contributed by atoms with van der Waals surface area (Å²) < 4.78 is 0. The van der Waals surface area contributed by atoms with E-state index in [9.17, 15) is 4.79 Å². The lowest BCUT2D eigenvalue weighted by Crippen LogP contribution is -1.94. The van der Waals surface area contributed by atoms with E-state index < -0.39 is 0 Å². The molecule has 1 atom stereocenters. The number of hydrogen-bond donors (Lipinski definition) is 0. The molecule has 0 saturated carbocycles. The molecule has 0 aromatic heterocycles. The minimum absolute atomic E-state index is 0.118. The van der Waals surface area contributed by atoms with Crippen LogP contribution in [0.25, 0.3) is 0 Å². The van der Waals surface area contributed by atoms with Crippen molar-refractivity contribution in [3.63, 3.8) is 0 Å². The normalized spacial score (nSPS) is 12.9.